The van der Waals surface area contributed by atoms with Crippen molar-refractivity contribution in [3.05, 3.63) is 54.1 Å². The lowest BCUT2D eigenvalue weighted by Crippen LogP contribution is -2.35. The van der Waals surface area contributed by atoms with Crippen molar-refractivity contribution in [3.63, 3.8) is 0 Å². The molecule has 2 aromatic rings. The number of para-hydroxylation sites is 1. The molecule has 4 rings (SSSR count). The van der Waals surface area contributed by atoms with Crippen LogP contribution in [0.25, 0.3) is 0 Å². The monoisotopic (exact) mass is 406 g/mol. The fraction of sp³-hybridized carbons (Fsp3) is 0.278. The number of hydrogen-bond donors (Lipinski definition) is 0. The topological polar surface area (TPSA) is 91.8 Å². The molecule has 2 aliphatic rings. The molecule has 1 saturated heterocycles. The van der Waals surface area contributed by atoms with Gasteiger partial charge in [-0.25, -0.2) is 21.1 Å². The minimum absolute atomic E-state index is 0.0620. The number of amides is 1. The van der Waals surface area contributed by atoms with Gasteiger partial charge in [-0.15, -0.1) is 0 Å². The number of aryl methyl sites for hydroxylation is 1. The number of fused-ring (bicyclic) bond motifs is 1. The number of anilines is 2. The Balaban J connectivity index is 1.69. The van der Waals surface area contributed by atoms with E-state index in [0.717, 1.165) is 22.7 Å². The smallest absolute Gasteiger partial charge is 0.264 e. The first-order valence-corrected chi connectivity index (χ1v) is 11.6. The van der Waals surface area contributed by atoms with Crippen molar-refractivity contribution in [2.24, 2.45) is 0 Å². The minimum Gasteiger partial charge on any atom is -0.273 e. The van der Waals surface area contributed by atoms with Crippen LogP contribution in [0.5, 0.6) is 0 Å². The SMILES string of the molecule is O=C1CCS(=O)(=O)N1c1ccc(S(=O)(=O)N2CCCc3ccccc32)cc1. The summed E-state index contributed by atoms with van der Waals surface area (Å²) in [6.45, 7) is 0.389. The van der Waals surface area contributed by atoms with Crippen LogP contribution in [-0.2, 0) is 31.3 Å². The van der Waals surface area contributed by atoms with Gasteiger partial charge < -0.3 is 0 Å². The molecular weight excluding hydrogens is 388 g/mol. The van der Waals surface area contributed by atoms with E-state index in [2.05, 4.69) is 0 Å². The zero-order chi connectivity index (χ0) is 19.2. The van der Waals surface area contributed by atoms with Crippen LogP contribution >= 0.6 is 0 Å². The average molecular weight is 406 g/mol. The lowest BCUT2D eigenvalue weighted by atomic mass is 10.0. The summed E-state index contributed by atoms with van der Waals surface area (Å²) in [4.78, 5) is 11.9. The predicted molar refractivity (Wildman–Crippen MR) is 102 cm³/mol. The molecule has 0 radical (unpaired) electrons. The summed E-state index contributed by atoms with van der Waals surface area (Å²) in [5.41, 5.74) is 1.82. The molecule has 0 bridgehead atoms. The van der Waals surface area contributed by atoms with E-state index in [1.54, 1.807) is 12.1 Å². The molecule has 0 aliphatic carbocycles. The zero-order valence-corrected chi connectivity index (χ0v) is 16.0. The minimum atomic E-state index is -3.78. The van der Waals surface area contributed by atoms with Gasteiger partial charge in [0.25, 0.3) is 10.0 Å². The maximum atomic E-state index is 13.1. The van der Waals surface area contributed by atoms with Gasteiger partial charge in [0, 0.05) is 13.0 Å². The molecule has 1 amide bonds. The molecule has 2 aliphatic heterocycles. The van der Waals surface area contributed by atoms with Crippen LogP contribution in [0.1, 0.15) is 18.4 Å². The van der Waals surface area contributed by atoms with E-state index in [0.29, 0.717) is 12.2 Å². The molecule has 2 aromatic carbocycles. The van der Waals surface area contributed by atoms with Crippen molar-refractivity contribution in [1.29, 1.82) is 0 Å². The summed E-state index contributed by atoms with van der Waals surface area (Å²) in [5, 5.41) is 0. The number of nitrogens with zero attached hydrogens (tertiary/aromatic N) is 2. The Labute approximate surface area is 158 Å². The third-order valence-electron chi connectivity index (χ3n) is 4.81. The normalized spacial score (nSPS) is 19.2. The lowest BCUT2D eigenvalue weighted by molar-refractivity contribution is -0.116. The van der Waals surface area contributed by atoms with Crippen molar-refractivity contribution >= 4 is 37.3 Å². The van der Waals surface area contributed by atoms with Gasteiger partial charge in [-0.05, 0) is 48.7 Å². The summed E-state index contributed by atoms with van der Waals surface area (Å²) in [6.07, 6.45) is 1.50. The Kier molecular flexibility index (Phi) is 4.23. The van der Waals surface area contributed by atoms with Crippen LogP contribution in [0.3, 0.4) is 0 Å². The van der Waals surface area contributed by atoms with Crippen molar-refractivity contribution in [2.45, 2.75) is 24.2 Å². The van der Waals surface area contributed by atoms with Crippen molar-refractivity contribution < 1.29 is 21.6 Å². The molecule has 0 unspecified atom stereocenters. The van der Waals surface area contributed by atoms with Gasteiger partial charge in [0.2, 0.25) is 15.9 Å². The maximum Gasteiger partial charge on any atom is 0.264 e. The summed E-state index contributed by atoms with van der Waals surface area (Å²) in [5.74, 6) is -0.730. The van der Waals surface area contributed by atoms with Crippen LogP contribution in [0.4, 0.5) is 11.4 Å². The number of carbonyl (C=O) groups excluding carboxylic acids is 1. The van der Waals surface area contributed by atoms with Crippen molar-refractivity contribution in [2.75, 3.05) is 20.9 Å². The highest BCUT2D eigenvalue weighted by Crippen LogP contribution is 2.33. The number of hydrogen-bond acceptors (Lipinski definition) is 5. The quantitative estimate of drug-likeness (QED) is 0.776. The third kappa shape index (κ3) is 3.00. The van der Waals surface area contributed by atoms with Crippen molar-refractivity contribution in [3.8, 4) is 0 Å². The third-order valence-corrected chi connectivity index (χ3v) is 8.32. The maximum absolute atomic E-state index is 13.1. The highest BCUT2D eigenvalue weighted by molar-refractivity contribution is 7.94. The second-order valence-corrected chi connectivity index (χ2v) is 10.3. The van der Waals surface area contributed by atoms with Gasteiger partial charge in [0.1, 0.15) is 0 Å². The van der Waals surface area contributed by atoms with Crippen LogP contribution in [0, 0.1) is 0 Å². The number of sulfonamides is 2. The largest absolute Gasteiger partial charge is 0.273 e. The van der Waals surface area contributed by atoms with E-state index < -0.39 is 26.0 Å². The molecule has 0 aromatic heterocycles. The molecule has 1 fully saturated rings. The second kappa shape index (κ2) is 6.35. The Hall–Kier alpha value is -2.39. The first-order valence-electron chi connectivity index (χ1n) is 8.57. The molecule has 27 heavy (non-hydrogen) atoms. The molecule has 0 N–H and O–H groups in total. The van der Waals surface area contributed by atoms with Gasteiger partial charge in [-0.1, -0.05) is 18.2 Å². The first kappa shape index (κ1) is 18.0. The number of carbonyl (C=O) groups is 1. The summed E-state index contributed by atoms with van der Waals surface area (Å²) in [6, 6.07) is 12.8. The van der Waals surface area contributed by atoms with Gasteiger partial charge in [0.15, 0.2) is 0 Å². The second-order valence-electron chi connectivity index (χ2n) is 6.53. The zero-order valence-electron chi connectivity index (χ0n) is 14.4. The number of benzene rings is 2. The molecule has 0 saturated carbocycles. The Morgan fingerprint density at radius 2 is 1.63 bits per heavy atom. The van der Waals surface area contributed by atoms with E-state index >= 15 is 0 Å². The molecule has 0 atom stereocenters. The van der Waals surface area contributed by atoms with E-state index in [4.69, 9.17) is 0 Å². The van der Waals surface area contributed by atoms with Gasteiger partial charge >= 0.3 is 0 Å². The van der Waals surface area contributed by atoms with E-state index in [1.807, 2.05) is 12.1 Å². The first-order chi connectivity index (χ1) is 12.8. The van der Waals surface area contributed by atoms with Crippen LogP contribution in [0.15, 0.2) is 53.4 Å². The standard InChI is InChI=1S/C18H18N2O5S2/c21-18-11-13-26(22,23)20(18)15-7-9-16(10-8-15)27(24,25)19-12-3-5-14-4-1-2-6-17(14)19/h1-2,4,6-10H,3,5,11-13H2. The molecule has 2 heterocycles. The fourth-order valence-electron chi connectivity index (χ4n) is 3.50. The Morgan fingerprint density at radius 1 is 0.926 bits per heavy atom. The van der Waals surface area contributed by atoms with E-state index in [9.17, 15) is 21.6 Å². The average Bonchev–Trinajstić information content (AvgIpc) is 2.94. The van der Waals surface area contributed by atoms with Gasteiger partial charge in [0.05, 0.1) is 22.0 Å². The van der Waals surface area contributed by atoms with E-state index in [1.165, 1.54) is 28.6 Å². The van der Waals surface area contributed by atoms with Crippen LogP contribution in [-0.4, -0.2) is 35.0 Å². The molecular formula is C18H18N2O5S2. The predicted octanol–water partition coefficient (Wildman–Crippen LogP) is 1.89. The van der Waals surface area contributed by atoms with Crippen molar-refractivity contribution in [1.82, 2.24) is 0 Å². The molecule has 0 spiro atoms. The summed E-state index contributed by atoms with van der Waals surface area (Å²) < 4.78 is 52.4. The highest BCUT2D eigenvalue weighted by atomic mass is 32.2. The Bertz CT molecular complexity index is 1110. The summed E-state index contributed by atoms with van der Waals surface area (Å²) in [7, 11) is -7.45. The van der Waals surface area contributed by atoms with Gasteiger partial charge in [-0.2, -0.15) is 0 Å². The van der Waals surface area contributed by atoms with Crippen LogP contribution < -0.4 is 8.61 Å². The number of rotatable bonds is 3. The molecule has 7 nitrogen and oxygen atoms in total. The fourth-order valence-corrected chi connectivity index (χ4v) is 6.50. The highest BCUT2D eigenvalue weighted by Gasteiger charge is 2.36. The lowest BCUT2D eigenvalue weighted by Gasteiger charge is -2.30. The summed E-state index contributed by atoms with van der Waals surface area (Å²) >= 11 is 0. The Morgan fingerprint density at radius 3 is 2.30 bits per heavy atom. The van der Waals surface area contributed by atoms with Gasteiger partial charge in [-0.3, -0.25) is 9.10 Å². The van der Waals surface area contributed by atoms with Crippen LogP contribution in [0.2, 0.25) is 0 Å². The molecule has 142 valence electrons. The molecule has 9 heteroatoms. The van der Waals surface area contributed by atoms with E-state index in [-0.39, 0.29) is 22.8 Å².